The Morgan fingerprint density at radius 3 is 2.58 bits per heavy atom. The standard InChI is InChI=1S/C24H37N5O2S2/c1-23(2,3)16-9-10-17-15(11-16)12-18(33-17)21-26-27-22(29(21)8)32-14-20(31)28(7)13-19(30)25-24(4,5)6/h12,16H,9-11,13-14H2,1-8H3,(H,25,30)/t16-/m0/s1. The lowest BCUT2D eigenvalue weighted by atomic mass is 9.72. The van der Waals surface area contributed by atoms with Gasteiger partial charge in [-0.1, -0.05) is 32.5 Å². The van der Waals surface area contributed by atoms with Crippen LogP contribution in [-0.2, 0) is 29.5 Å². The summed E-state index contributed by atoms with van der Waals surface area (Å²) in [6, 6.07) is 2.28. The molecule has 1 atom stereocenters. The molecule has 1 aliphatic carbocycles. The summed E-state index contributed by atoms with van der Waals surface area (Å²) >= 11 is 3.17. The van der Waals surface area contributed by atoms with Crippen molar-refractivity contribution in [1.82, 2.24) is 25.0 Å². The number of fused-ring (bicyclic) bond motifs is 1. The first-order valence-corrected chi connectivity index (χ1v) is 13.2. The largest absolute Gasteiger partial charge is 0.350 e. The van der Waals surface area contributed by atoms with E-state index in [0.29, 0.717) is 16.5 Å². The minimum Gasteiger partial charge on any atom is -0.350 e. The molecule has 1 N–H and O–H groups in total. The maximum Gasteiger partial charge on any atom is 0.240 e. The van der Waals surface area contributed by atoms with Gasteiger partial charge in [-0.25, -0.2) is 0 Å². The molecule has 0 spiro atoms. The lowest BCUT2D eigenvalue weighted by Gasteiger charge is -2.33. The van der Waals surface area contributed by atoms with Crippen LogP contribution in [0.5, 0.6) is 0 Å². The van der Waals surface area contributed by atoms with E-state index in [9.17, 15) is 9.59 Å². The Balaban J connectivity index is 1.61. The summed E-state index contributed by atoms with van der Waals surface area (Å²) in [7, 11) is 3.59. The van der Waals surface area contributed by atoms with E-state index in [1.165, 1.54) is 33.5 Å². The molecule has 2 aromatic heterocycles. The van der Waals surface area contributed by atoms with E-state index < -0.39 is 0 Å². The molecule has 0 aromatic carbocycles. The molecule has 0 saturated carbocycles. The highest BCUT2D eigenvalue weighted by atomic mass is 32.2. The third kappa shape index (κ3) is 6.59. The fourth-order valence-electron chi connectivity index (χ4n) is 4.03. The molecular weight excluding hydrogens is 454 g/mol. The predicted molar refractivity (Wildman–Crippen MR) is 136 cm³/mol. The van der Waals surface area contributed by atoms with E-state index in [4.69, 9.17) is 0 Å². The number of carbonyl (C=O) groups is 2. The first kappa shape index (κ1) is 25.7. The number of nitrogens with zero attached hydrogens (tertiary/aromatic N) is 4. The summed E-state index contributed by atoms with van der Waals surface area (Å²) in [5.74, 6) is 1.47. The summed E-state index contributed by atoms with van der Waals surface area (Å²) < 4.78 is 1.96. The average molecular weight is 492 g/mol. The Kier molecular flexibility index (Phi) is 7.63. The van der Waals surface area contributed by atoms with Gasteiger partial charge in [-0.15, -0.1) is 21.5 Å². The molecule has 2 amide bonds. The number of amides is 2. The van der Waals surface area contributed by atoms with E-state index in [1.54, 1.807) is 7.05 Å². The number of thiophene rings is 1. The van der Waals surface area contributed by atoms with Crippen LogP contribution in [0.3, 0.4) is 0 Å². The fraction of sp³-hybridized carbons (Fsp3) is 0.667. The van der Waals surface area contributed by atoms with Crippen molar-refractivity contribution in [3.8, 4) is 10.7 Å². The van der Waals surface area contributed by atoms with Gasteiger partial charge < -0.3 is 14.8 Å². The van der Waals surface area contributed by atoms with Crippen LogP contribution in [0.1, 0.15) is 58.4 Å². The molecule has 2 aromatic rings. The highest BCUT2D eigenvalue weighted by molar-refractivity contribution is 7.99. The molecule has 182 valence electrons. The van der Waals surface area contributed by atoms with Crippen LogP contribution < -0.4 is 5.32 Å². The topological polar surface area (TPSA) is 80.1 Å². The summed E-state index contributed by atoms with van der Waals surface area (Å²) in [6.07, 6.45) is 3.49. The zero-order valence-corrected chi connectivity index (χ0v) is 22.7. The van der Waals surface area contributed by atoms with E-state index in [2.05, 4.69) is 42.4 Å². The van der Waals surface area contributed by atoms with Crippen molar-refractivity contribution < 1.29 is 9.59 Å². The molecule has 9 heteroatoms. The second-order valence-electron chi connectivity index (χ2n) is 11.1. The van der Waals surface area contributed by atoms with E-state index in [-0.39, 0.29) is 29.7 Å². The van der Waals surface area contributed by atoms with Crippen molar-refractivity contribution in [2.45, 2.75) is 71.5 Å². The lowest BCUT2D eigenvalue weighted by Crippen LogP contribution is -2.46. The second kappa shape index (κ2) is 9.78. The molecule has 0 saturated heterocycles. The number of rotatable bonds is 6. The van der Waals surface area contributed by atoms with Gasteiger partial charge in [0.15, 0.2) is 11.0 Å². The Morgan fingerprint density at radius 1 is 1.24 bits per heavy atom. The summed E-state index contributed by atoms with van der Waals surface area (Å²) in [5, 5.41) is 12.3. The van der Waals surface area contributed by atoms with Gasteiger partial charge in [0.05, 0.1) is 17.2 Å². The van der Waals surface area contributed by atoms with Crippen molar-refractivity contribution in [3.05, 3.63) is 16.5 Å². The molecule has 7 nitrogen and oxygen atoms in total. The van der Waals surface area contributed by atoms with Gasteiger partial charge in [-0.3, -0.25) is 9.59 Å². The third-order valence-electron chi connectivity index (χ3n) is 6.01. The van der Waals surface area contributed by atoms with Crippen molar-refractivity contribution in [2.24, 2.45) is 18.4 Å². The van der Waals surface area contributed by atoms with Gasteiger partial charge in [0.25, 0.3) is 0 Å². The summed E-state index contributed by atoms with van der Waals surface area (Å²) in [6.45, 7) is 12.8. The average Bonchev–Trinajstić information content (AvgIpc) is 3.26. The first-order valence-electron chi connectivity index (χ1n) is 11.4. The molecule has 33 heavy (non-hydrogen) atoms. The quantitative estimate of drug-likeness (QED) is 0.614. The number of carbonyl (C=O) groups excluding carboxylic acids is 2. The summed E-state index contributed by atoms with van der Waals surface area (Å²) in [4.78, 5) is 28.7. The van der Waals surface area contributed by atoms with E-state index >= 15 is 0 Å². The SMILES string of the molecule is CN(CC(=O)NC(C)(C)C)C(=O)CSc1nnc(-c2cc3c(s2)CC[C@H](C(C)(C)C)C3)n1C. The van der Waals surface area contributed by atoms with Gasteiger partial charge >= 0.3 is 0 Å². The number of nitrogens with one attached hydrogen (secondary N) is 1. The normalized spacial score (nSPS) is 16.4. The van der Waals surface area contributed by atoms with E-state index in [1.807, 2.05) is 43.7 Å². The van der Waals surface area contributed by atoms with Crippen LogP contribution in [0.2, 0.25) is 0 Å². The summed E-state index contributed by atoms with van der Waals surface area (Å²) in [5.41, 5.74) is 1.45. The number of hydrogen-bond donors (Lipinski definition) is 1. The van der Waals surface area contributed by atoms with Gasteiger partial charge in [0.2, 0.25) is 11.8 Å². The number of hydrogen-bond acceptors (Lipinski definition) is 6. The zero-order valence-electron chi connectivity index (χ0n) is 21.1. The van der Waals surface area contributed by atoms with Crippen LogP contribution in [0.25, 0.3) is 10.7 Å². The molecule has 0 fully saturated rings. The molecule has 0 unspecified atom stereocenters. The van der Waals surface area contributed by atoms with Crippen molar-refractivity contribution >= 4 is 34.9 Å². The molecule has 0 radical (unpaired) electrons. The fourth-order valence-corrected chi connectivity index (χ4v) is 6.11. The van der Waals surface area contributed by atoms with Crippen LogP contribution >= 0.6 is 23.1 Å². The first-order chi connectivity index (χ1) is 15.2. The number of aryl methyl sites for hydroxylation is 1. The molecular formula is C24H37N5O2S2. The highest BCUT2D eigenvalue weighted by Gasteiger charge is 2.30. The number of likely N-dealkylation sites (N-methyl/N-ethyl adjacent to an activating group) is 1. The maximum absolute atomic E-state index is 12.5. The minimum atomic E-state index is -0.320. The van der Waals surface area contributed by atoms with Gasteiger partial charge in [-0.2, -0.15) is 0 Å². The highest BCUT2D eigenvalue weighted by Crippen LogP contribution is 2.42. The van der Waals surface area contributed by atoms with Crippen molar-refractivity contribution in [2.75, 3.05) is 19.3 Å². The third-order valence-corrected chi connectivity index (χ3v) is 8.25. The van der Waals surface area contributed by atoms with Crippen molar-refractivity contribution in [3.63, 3.8) is 0 Å². The molecule has 2 heterocycles. The Bertz CT molecular complexity index is 1010. The number of aromatic nitrogens is 3. The van der Waals surface area contributed by atoms with Gasteiger partial charge in [0, 0.05) is 24.5 Å². The Hall–Kier alpha value is -1.87. The van der Waals surface area contributed by atoms with Crippen LogP contribution in [0.15, 0.2) is 11.2 Å². The number of thioether (sulfide) groups is 1. The molecule has 0 bridgehead atoms. The van der Waals surface area contributed by atoms with Crippen LogP contribution in [0.4, 0.5) is 0 Å². The van der Waals surface area contributed by atoms with Crippen LogP contribution in [-0.4, -0.2) is 56.4 Å². The molecule has 3 rings (SSSR count). The molecule has 0 aliphatic heterocycles. The van der Waals surface area contributed by atoms with Crippen LogP contribution in [0, 0.1) is 11.3 Å². The monoisotopic (exact) mass is 491 g/mol. The maximum atomic E-state index is 12.5. The molecule has 1 aliphatic rings. The zero-order chi connectivity index (χ0) is 24.6. The Morgan fingerprint density at radius 2 is 1.94 bits per heavy atom. The Labute approximate surface area is 205 Å². The predicted octanol–water partition coefficient (Wildman–Crippen LogP) is 4.16. The lowest BCUT2D eigenvalue weighted by molar-refractivity contribution is -0.133. The smallest absolute Gasteiger partial charge is 0.240 e. The van der Waals surface area contributed by atoms with E-state index in [0.717, 1.165) is 23.5 Å². The van der Waals surface area contributed by atoms with Crippen molar-refractivity contribution in [1.29, 1.82) is 0 Å². The minimum absolute atomic E-state index is 0.0387. The van der Waals surface area contributed by atoms with Gasteiger partial charge in [-0.05, 0) is 63.0 Å². The second-order valence-corrected chi connectivity index (χ2v) is 13.1. The van der Waals surface area contributed by atoms with Gasteiger partial charge in [0.1, 0.15) is 0 Å².